The van der Waals surface area contributed by atoms with E-state index in [4.69, 9.17) is 4.74 Å². The van der Waals surface area contributed by atoms with Crippen LogP contribution in [0.25, 0.3) is 0 Å². The Kier molecular flexibility index (Phi) is 6.10. The lowest BCUT2D eigenvalue weighted by Gasteiger charge is -2.42. The molecule has 0 aromatic heterocycles. The highest BCUT2D eigenvalue weighted by molar-refractivity contribution is 5.71. The Balaban J connectivity index is 1.60. The van der Waals surface area contributed by atoms with Gasteiger partial charge in [0.1, 0.15) is 0 Å². The number of aliphatic carboxylic acids is 1. The molecule has 3 unspecified atom stereocenters. The zero-order valence-electron chi connectivity index (χ0n) is 15.4. The molecular formula is C20H30N2O3. The number of morpholine rings is 1. The van der Waals surface area contributed by atoms with E-state index in [1.165, 1.54) is 11.1 Å². The lowest BCUT2D eigenvalue weighted by molar-refractivity contribution is -0.146. The molecule has 0 radical (unpaired) electrons. The minimum Gasteiger partial charge on any atom is -0.481 e. The Morgan fingerprint density at radius 3 is 2.28 bits per heavy atom. The van der Waals surface area contributed by atoms with Crippen molar-refractivity contribution in [1.82, 2.24) is 9.80 Å². The predicted molar refractivity (Wildman–Crippen MR) is 97.4 cm³/mol. The van der Waals surface area contributed by atoms with Gasteiger partial charge >= 0.3 is 5.97 Å². The number of benzene rings is 1. The van der Waals surface area contributed by atoms with Crippen LogP contribution in [0.5, 0.6) is 0 Å². The molecular weight excluding hydrogens is 316 g/mol. The van der Waals surface area contributed by atoms with Crippen LogP contribution < -0.4 is 0 Å². The summed E-state index contributed by atoms with van der Waals surface area (Å²) in [7, 11) is 0. The Morgan fingerprint density at radius 1 is 1.08 bits per heavy atom. The maximum atomic E-state index is 11.5. The molecule has 1 N–H and O–H groups in total. The van der Waals surface area contributed by atoms with E-state index < -0.39 is 5.97 Å². The van der Waals surface area contributed by atoms with Crippen LogP contribution in [0.1, 0.15) is 37.8 Å². The van der Waals surface area contributed by atoms with Gasteiger partial charge in [0.05, 0.1) is 19.1 Å². The van der Waals surface area contributed by atoms with Gasteiger partial charge in [0.25, 0.3) is 0 Å². The van der Waals surface area contributed by atoms with E-state index in [9.17, 15) is 9.90 Å². The number of hydrogen-bond acceptors (Lipinski definition) is 4. The number of hydrogen-bond donors (Lipinski definition) is 1. The van der Waals surface area contributed by atoms with Crippen molar-refractivity contribution < 1.29 is 14.6 Å². The lowest BCUT2D eigenvalue weighted by atomic mass is 9.86. The van der Waals surface area contributed by atoms with Gasteiger partial charge in [0.15, 0.2) is 0 Å². The van der Waals surface area contributed by atoms with Gasteiger partial charge in [-0.2, -0.15) is 0 Å². The molecule has 2 aliphatic heterocycles. The summed E-state index contributed by atoms with van der Waals surface area (Å²) in [5.41, 5.74) is 2.59. The third-order valence-corrected chi connectivity index (χ3v) is 5.78. The van der Waals surface area contributed by atoms with E-state index >= 15 is 0 Å². The number of likely N-dealkylation sites (tertiary alicyclic amines) is 1. The van der Waals surface area contributed by atoms with Crippen LogP contribution in [0.3, 0.4) is 0 Å². The van der Waals surface area contributed by atoms with E-state index in [1.807, 2.05) is 0 Å². The quantitative estimate of drug-likeness (QED) is 0.888. The number of nitrogens with zero attached hydrogens (tertiary/aromatic N) is 2. The molecule has 0 aliphatic carbocycles. The average molecular weight is 346 g/mol. The molecule has 3 rings (SSSR count). The van der Waals surface area contributed by atoms with E-state index in [0.29, 0.717) is 6.04 Å². The van der Waals surface area contributed by atoms with Gasteiger partial charge in [-0.15, -0.1) is 0 Å². The third kappa shape index (κ3) is 4.60. The van der Waals surface area contributed by atoms with Crippen LogP contribution in [0, 0.1) is 5.92 Å². The van der Waals surface area contributed by atoms with E-state index in [2.05, 4.69) is 47.9 Å². The summed E-state index contributed by atoms with van der Waals surface area (Å²) in [6.07, 6.45) is 1.74. The van der Waals surface area contributed by atoms with Crippen molar-refractivity contribution >= 4 is 5.97 Å². The summed E-state index contributed by atoms with van der Waals surface area (Å²) in [5, 5.41) is 9.43. The van der Waals surface area contributed by atoms with Gasteiger partial charge < -0.3 is 9.84 Å². The molecule has 138 valence electrons. The van der Waals surface area contributed by atoms with Crippen molar-refractivity contribution in [2.24, 2.45) is 5.92 Å². The van der Waals surface area contributed by atoms with Crippen LogP contribution in [0.4, 0.5) is 0 Å². The summed E-state index contributed by atoms with van der Waals surface area (Å²) in [6, 6.07) is 9.31. The molecule has 5 nitrogen and oxygen atoms in total. The molecule has 5 heteroatoms. The normalized spacial score (nSPS) is 28.8. The van der Waals surface area contributed by atoms with E-state index in [1.54, 1.807) is 0 Å². The van der Waals surface area contributed by atoms with Crippen LogP contribution in [0.15, 0.2) is 24.3 Å². The minimum absolute atomic E-state index is 0.0780. The molecule has 1 aromatic rings. The average Bonchev–Trinajstić information content (AvgIpc) is 2.60. The monoisotopic (exact) mass is 346 g/mol. The zero-order valence-corrected chi connectivity index (χ0v) is 15.4. The Morgan fingerprint density at radius 2 is 1.68 bits per heavy atom. The van der Waals surface area contributed by atoms with Crippen molar-refractivity contribution in [2.45, 2.75) is 51.9 Å². The van der Waals surface area contributed by atoms with Crippen molar-refractivity contribution in [2.75, 3.05) is 26.3 Å². The lowest BCUT2D eigenvalue weighted by Crippen LogP contribution is -2.50. The topological polar surface area (TPSA) is 53.0 Å². The van der Waals surface area contributed by atoms with Crippen LogP contribution in [-0.4, -0.2) is 59.3 Å². The Bertz CT molecular complexity index is 569. The fraction of sp³-hybridized carbons (Fsp3) is 0.650. The summed E-state index contributed by atoms with van der Waals surface area (Å²) in [4.78, 5) is 16.2. The standard InChI is InChI=1S/C20H30N2O3/c1-15-3-8-19(20(23)24)16(2)22(15)14-18-6-4-17(5-7-18)13-21-9-11-25-12-10-21/h4-7,15-16,19H,3,8-14H2,1-2H3,(H,23,24). The van der Waals surface area contributed by atoms with Crippen LogP contribution in [-0.2, 0) is 22.6 Å². The molecule has 2 aliphatic rings. The molecule has 2 fully saturated rings. The second-order valence-electron chi connectivity index (χ2n) is 7.49. The number of carboxylic acids is 1. The minimum atomic E-state index is -0.662. The van der Waals surface area contributed by atoms with Crippen LogP contribution in [0.2, 0.25) is 0 Å². The number of carboxylic acid groups (broad SMARTS) is 1. The number of rotatable bonds is 5. The fourth-order valence-corrected chi connectivity index (χ4v) is 4.07. The summed E-state index contributed by atoms with van der Waals surface area (Å²) >= 11 is 0. The van der Waals surface area contributed by atoms with Crippen molar-refractivity contribution in [3.05, 3.63) is 35.4 Å². The number of piperidine rings is 1. The molecule has 0 saturated carbocycles. The van der Waals surface area contributed by atoms with Crippen molar-refractivity contribution in [3.8, 4) is 0 Å². The smallest absolute Gasteiger partial charge is 0.308 e. The summed E-state index contributed by atoms with van der Waals surface area (Å²) in [5.74, 6) is -0.915. The molecule has 1 aromatic carbocycles. The van der Waals surface area contributed by atoms with Crippen LogP contribution >= 0.6 is 0 Å². The highest BCUT2D eigenvalue weighted by atomic mass is 16.5. The zero-order chi connectivity index (χ0) is 17.8. The molecule has 2 saturated heterocycles. The van der Waals surface area contributed by atoms with Gasteiger partial charge in [-0.1, -0.05) is 24.3 Å². The SMILES string of the molecule is CC1CCC(C(=O)O)C(C)N1Cc1ccc(CN2CCOCC2)cc1. The van der Waals surface area contributed by atoms with Crippen molar-refractivity contribution in [1.29, 1.82) is 0 Å². The second-order valence-corrected chi connectivity index (χ2v) is 7.49. The number of ether oxygens (including phenoxy) is 1. The van der Waals surface area contributed by atoms with E-state index in [0.717, 1.165) is 52.2 Å². The van der Waals surface area contributed by atoms with E-state index in [-0.39, 0.29) is 12.0 Å². The first kappa shape index (κ1) is 18.4. The summed E-state index contributed by atoms with van der Waals surface area (Å²) in [6.45, 7) is 9.72. The van der Waals surface area contributed by atoms with Gasteiger partial charge in [0.2, 0.25) is 0 Å². The summed E-state index contributed by atoms with van der Waals surface area (Å²) < 4.78 is 5.40. The molecule has 0 amide bonds. The first-order chi connectivity index (χ1) is 12.0. The predicted octanol–water partition coefficient (Wildman–Crippen LogP) is 2.59. The van der Waals surface area contributed by atoms with Crippen molar-refractivity contribution in [3.63, 3.8) is 0 Å². The largest absolute Gasteiger partial charge is 0.481 e. The van der Waals surface area contributed by atoms with Gasteiger partial charge in [0, 0.05) is 38.3 Å². The Labute approximate surface area is 150 Å². The highest BCUT2D eigenvalue weighted by Crippen LogP contribution is 2.29. The number of carbonyl (C=O) groups is 1. The van der Waals surface area contributed by atoms with Gasteiger partial charge in [-0.05, 0) is 37.8 Å². The second kappa shape index (κ2) is 8.30. The molecule has 0 bridgehead atoms. The van der Waals surface area contributed by atoms with Gasteiger partial charge in [-0.25, -0.2) is 0 Å². The molecule has 25 heavy (non-hydrogen) atoms. The first-order valence-corrected chi connectivity index (χ1v) is 9.41. The fourth-order valence-electron chi connectivity index (χ4n) is 4.07. The first-order valence-electron chi connectivity index (χ1n) is 9.41. The maximum Gasteiger partial charge on any atom is 0.308 e. The molecule has 3 atom stereocenters. The third-order valence-electron chi connectivity index (χ3n) is 5.78. The van der Waals surface area contributed by atoms with Gasteiger partial charge in [-0.3, -0.25) is 14.6 Å². The molecule has 0 spiro atoms. The highest BCUT2D eigenvalue weighted by Gasteiger charge is 2.36. The maximum absolute atomic E-state index is 11.5. The Hall–Kier alpha value is -1.43. The molecule has 2 heterocycles.